The number of rotatable bonds is 4. The summed E-state index contributed by atoms with van der Waals surface area (Å²) in [6.07, 6.45) is 0.198. The van der Waals surface area contributed by atoms with E-state index in [1.807, 2.05) is 18.2 Å². The molecule has 19 heavy (non-hydrogen) atoms. The third-order valence-corrected chi connectivity index (χ3v) is 3.35. The van der Waals surface area contributed by atoms with Gasteiger partial charge in [0.25, 0.3) is 0 Å². The summed E-state index contributed by atoms with van der Waals surface area (Å²) in [4.78, 5) is 14.9. The van der Waals surface area contributed by atoms with Gasteiger partial charge in [-0.05, 0) is 18.2 Å². The normalized spacial score (nSPS) is 16.1. The van der Waals surface area contributed by atoms with Gasteiger partial charge in [0.2, 0.25) is 0 Å². The number of aliphatic carboxylic acids is 1. The van der Waals surface area contributed by atoms with E-state index < -0.39 is 5.97 Å². The molecule has 100 valence electrons. The second-order valence-electron chi connectivity index (χ2n) is 4.63. The first kappa shape index (κ1) is 13.4. The molecule has 0 amide bonds. The minimum absolute atomic E-state index is 0.198. The van der Waals surface area contributed by atoms with Crippen molar-refractivity contribution in [3.05, 3.63) is 29.8 Å². The Balaban J connectivity index is 1.89. The van der Waals surface area contributed by atoms with Crippen LogP contribution in [0, 0.1) is 11.3 Å². The van der Waals surface area contributed by atoms with Gasteiger partial charge >= 0.3 is 5.97 Å². The van der Waals surface area contributed by atoms with Crippen molar-refractivity contribution in [3.63, 3.8) is 0 Å². The molecule has 0 radical (unpaired) electrons. The number of nitriles is 1. The van der Waals surface area contributed by atoms with Gasteiger partial charge in [-0.2, -0.15) is 5.26 Å². The first-order valence-corrected chi connectivity index (χ1v) is 6.38. The van der Waals surface area contributed by atoms with Crippen molar-refractivity contribution in [2.75, 3.05) is 37.6 Å². The summed E-state index contributed by atoms with van der Waals surface area (Å²) < 4.78 is 0. The van der Waals surface area contributed by atoms with Crippen LogP contribution in [0.4, 0.5) is 5.69 Å². The van der Waals surface area contributed by atoms with Crippen LogP contribution in [0.1, 0.15) is 12.0 Å². The Morgan fingerprint density at radius 2 is 2.05 bits per heavy atom. The van der Waals surface area contributed by atoms with E-state index in [1.165, 1.54) is 0 Å². The van der Waals surface area contributed by atoms with Crippen LogP contribution in [0.25, 0.3) is 0 Å². The van der Waals surface area contributed by atoms with Crippen molar-refractivity contribution >= 4 is 11.7 Å². The highest BCUT2D eigenvalue weighted by molar-refractivity contribution is 5.66. The zero-order valence-electron chi connectivity index (χ0n) is 10.7. The molecular weight excluding hydrogens is 242 g/mol. The van der Waals surface area contributed by atoms with Crippen LogP contribution in [0.15, 0.2) is 24.3 Å². The van der Waals surface area contributed by atoms with Crippen molar-refractivity contribution in [1.82, 2.24) is 4.90 Å². The topological polar surface area (TPSA) is 67.6 Å². The molecule has 5 heteroatoms. The van der Waals surface area contributed by atoms with Crippen LogP contribution >= 0.6 is 0 Å². The van der Waals surface area contributed by atoms with Crippen LogP contribution in [0.3, 0.4) is 0 Å². The summed E-state index contributed by atoms with van der Waals surface area (Å²) in [5, 5.41) is 17.6. The highest BCUT2D eigenvalue weighted by Crippen LogP contribution is 2.17. The van der Waals surface area contributed by atoms with Crippen LogP contribution in [-0.4, -0.2) is 48.7 Å². The summed E-state index contributed by atoms with van der Waals surface area (Å²) in [7, 11) is 0. The third-order valence-electron chi connectivity index (χ3n) is 3.35. The van der Waals surface area contributed by atoms with Crippen molar-refractivity contribution in [1.29, 1.82) is 5.26 Å². The van der Waals surface area contributed by atoms with Gasteiger partial charge in [-0.25, -0.2) is 0 Å². The molecule has 0 unspecified atom stereocenters. The molecule has 0 aliphatic carbocycles. The number of carboxylic acid groups (broad SMARTS) is 1. The van der Waals surface area contributed by atoms with Gasteiger partial charge in [0.15, 0.2) is 0 Å². The third kappa shape index (κ3) is 3.70. The maximum Gasteiger partial charge on any atom is 0.304 e. The summed E-state index contributed by atoms with van der Waals surface area (Å²) in [6, 6.07) is 9.74. The Morgan fingerprint density at radius 1 is 1.32 bits per heavy atom. The smallest absolute Gasteiger partial charge is 0.304 e. The second-order valence-corrected chi connectivity index (χ2v) is 4.63. The van der Waals surface area contributed by atoms with Gasteiger partial charge in [-0.1, -0.05) is 6.07 Å². The molecule has 0 atom stereocenters. The zero-order chi connectivity index (χ0) is 13.7. The number of hydrogen-bond donors (Lipinski definition) is 1. The first-order chi connectivity index (χ1) is 9.19. The van der Waals surface area contributed by atoms with Gasteiger partial charge in [-0.15, -0.1) is 0 Å². The van der Waals surface area contributed by atoms with Gasteiger partial charge in [0.05, 0.1) is 18.1 Å². The Bertz CT molecular complexity index is 488. The molecule has 1 heterocycles. The SMILES string of the molecule is N#Cc1cccc(N2CCN(CCC(=O)O)CC2)c1. The molecule has 1 aromatic rings. The van der Waals surface area contributed by atoms with E-state index in [-0.39, 0.29) is 6.42 Å². The van der Waals surface area contributed by atoms with Crippen molar-refractivity contribution < 1.29 is 9.90 Å². The van der Waals surface area contributed by atoms with Gasteiger partial charge < -0.3 is 10.0 Å². The predicted octanol–water partition coefficient (Wildman–Crippen LogP) is 1.15. The highest BCUT2D eigenvalue weighted by atomic mass is 16.4. The lowest BCUT2D eigenvalue weighted by molar-refractivity contribution is -0.137. The molecular formula is C14H17N3O2. The van der Waals surface area contributed by atoms with Gasteiger partial charge in [-0.3, -0.25) is 9.69 Å². The standard InChI is InChI=1S/C14H17N3O2/c15-11-12-2-1-3-13(10-12)17-8-6-16(7-9-17)5-4-14(18)19/h1-3,10H,4-9H2,(H,18,19). The van der Waals surface area contributed by atoms with Crippen LogP contribution in [-0.2, 0) is 4.79 Å². The van der Waals surface area contributed by atoms with E-state index in [9.17, 15) is 4.79 Å². The number of nitrogens with zero attached hydrogens (tertiary/aromatic N) is 3. The number of benzene rings is 1. The summed E-state index contributed by atoms with van der Waals surface area (Å²) in [5.74, 6) is -0.746. The summed E-state index contributed by atoms with van der Waals surface area (Å²) >= 11 is 0. The quantitative estimate of drug-likeness (QED) is 0.878. The minimum atomic E-state index is -0.746. The lowest BCUT2D eigenvalue weighted by Crippen LogP contribution is -2.46. The average molecular weight is 259 g/mol. The largest absolute Gasteiger partial charge is 0.481 e. The Kier molecular flexibility index (Phi) is 4.37. The maximum atomic E-state index is 10.5. The van der Waals surface area contributed by atoms with Crippen molar-refractivity contribution in [2.24, 2.45) is 0 Å². The lowest BCUT2D eigenvalue weighted by atomic mass is 10.2. The lowest BCUT2D eigenvalue weighted by Gasteiger charge is -2.35. The Hall–Kier alpha value is -2.06. The van der Waals surface area contributed by atoms with E-state index in [2.05, 4.69) is 15.9 Å². The van der Waals surface area contributed by atoms with E-state index in [0.29, 0.717) is 12.1 Å². The molecule has 2 rings (SSSR count). The fourth-order valence-corrected chi connectivity index (χ4v) is 2.26. The molecule has 5 nitrogen and oxygen atoms in total. The van der Waals surface area contributed by atoms with Crippen LogP contribution in [0.5, 0.6) is 0 Å². The van der Waals surface area contributed by atoms with Gasteiger partial charge in [0.1, 0.15) is 0 Å². The number of hydrogen-bond acceptors (Lipinski definition) is 4. The molecule has 0 bridgehead atoms. The monoisotopic (exact) mass is 259 g/mol. The predicted molar refractivity (Wildman–Crippen MR) is 72.1 cm³/mol. The molecule has 0 saturated carbocycles. The molecule has 0 spiro atoms. The second kappa shape index (κ2) is 6.21. The van der Waals surface area contributed by atoms with E-state index >= 15 is 0 Å². The van der Waals surface area contributed by atoms with Crippen molar-refractivity contribution in [2.45, 2.75) is 6.42 Å². The highest BCUT2D eigenvalue weighted by Gasteiger charge is 2.17. The van der Waals surface area contributed by atoms with E-state index in [1.54, 1.807) is 6.07 Å². The van der Waals surface area contributed by atoms with Crippen molar-refractivity contribution in [3.8, 4) is 6.07 Å². The molecule has 1 aliphatic heterocycles. The molecule has 1 saturated heterocycles. The number of carboxylic acids is 1. The number of piperazine rings is 1. The molecule has 0 aromatic heterocycles. The zero-order valence-corrected chi connectivity index (χ0v) is 10.7. The van der Waals surface area contributed by atoms with E-state index in [4.69, 9.17) is 10.4 Å². The Labute approximate surface area is 112 Å². The first-order valence-electron chi connectivity index (χ1n) is 6.38. The van der Waals surface area contributed by atoms with Crippen LogP contribution < -0.4 is 4.90 Å². The van der Waals surface area contributed by atoms with Crippen LogP contribution in [0.2, 0.25) is 0 Å². The Morgan fingerprint density at radius 3 is 2.68 bits per heavy atom. The molecule has 1 aromatic carbocycles. The summed E-state index contributed by atoms with van der Waals surface area (Å²) in [6.45, 7) is 4.08. The maximum absolute atomic E-state index is 10.5. The molecule has 1 fully saturated rings. The van der Waals surface area contributed by atoms with Gasteiger partial charge in [0, 0.05) is 38.4 Å². The number of carbonyl (C=O) groups is 1. The molecule has 1 aliphatic rings. The average Bonchev–Trinajstić information content (AvgIpc) is 2.45. The fourth-order valence-electron chi connectivity index (χ4n) is 2.26. The molecule has 1 N–H and O–H groups in total. The fraction of sp³-hybridized carbons (Fsp3) is 0.429. The minimum Gasteiger partial charge on any atom is -0.481 e. The summed E-state index contributed by atoms with van der Waals surface area (Å²) in [5.41, 5.74) is 1.74. The number of anilines is 1. The van der Waals surface area contributed by atoms with E-state index in [0.717, 1.165) is 31.9 Å².